The first-order valence-electron chi connectivity index (χ1n) is 9.53. The van der Waals surface area contributed by atoms with E-state index in [0.29, 0.717) is 19.1 Å². The Morgan fingerprint density at radius 1 is 1.07 bits per heavy atom. The third-order valence-corrected chi connectivity index (χ3v) is 4.86. The number of hydrogen-bond acceptors (Lipinski definition) is 4. The smallest absolute Gasteiger partial charge is 0.303 e. The molecular weight excluding hydrogens is 342 g/mol. The number of carbonyl (C=O) groups is 1. The summed E-state index contributed by atoms with van der Waals surface area (Å²) in [5, 5.41) is 8.78. The zero-order chi connectivity index (χ0) is 19.1. The Labute approximate surface area is 160 Å². The Balaban J connectivity index is 1.46. The average Bonchev–Trinajstić information content (AvgIpc) is 3.10. The monoisotopic (exact) mass is 369 g/mol. The van der Waals surface area contributed by atoms with Crippen LogP contribution < -0.4 is 9.47 Å². The third-order valence-electron chi connectivity index (χ3n) is 4.86. The Morgan fingerprint density at radius 3 is 2.37 bits per heavy atom. The van der Waals surface area contributed by atoms with Crippen LogP contribution in [0.2, 0.25) is 0 Å². The van der Waals surface area contributed by atoms with E-state index in [1.165, 1.54) is 5.56 Å². The van der Waals surface area contributed by atoms with Crippen LogP contribution in [0.1, 0.15) is 31.2 Å². The fourth-order valence-electron chi connectivity index (χ4n) is 3.35. The van der Waals surface area contributed by atoms with Gasteiger partial charge in [0.1, 0.15) is 23.9 Å². The molecule has 1 aliphatic heterocycles. The molecule has 5 heteroatoms. The Morgan fingerprint density at radius 2 is 1.70 bits per heavy atom. The van der Waals surface area contributed by atoms with Gasteiger partial charge in [-0.1, -0.05) is 17.7 Å². The first-order valence-corrected chi connectivity index (χ1v) is 9.53. The molecule has 1 heterocycles. The lowest BCUT2D eigenvalue weighted by atomic mass is 10.2. The Kier molecular flexibility index (Phi) is 6.71. The van der Waals surface area contributed by atoms with E-state index in [9.17, 15) is 4.79 Å². The van der Waals surface area contributed by atoms with Crippen molar-refractivity contribution in [3.63, 3.8) is 0 Å². The molecule has 3 rings (SSSR count). The summed E-state index contributed by atoms with van der Waals surface area (Å²) >= 11 is 0. The van der Waals surface area contributed by atoms with E-state index >= 15 is 0 Å². The fraction of sp³-hybridized carbons (Fsp3) is 0.409. The minimum Gasteiger partial charge on any atom is -0.492 e. The molecule has 0 amide bonds. The van der Waals surface area contributed by atoms with Gasteiger partial charge in [-0.25, -0.2) is 0 Å². The van der Waals surface area contributed by atoms with Gasteiger partial charge in [0.25, 0.3) is 0 Å². The van der Waals surface area contributed by atoms with E-state index in [0.717, 1.165) is 43.2 Å². The first kappa shape index (κ1) is 19.2. The number of carboxylic acid groups (broad SMARTS) is 1. The number of nitrogens with zero attached hydrogens (tertiary/aromatic N) is 1. The van der Waals surface area contributed by atoms with Gasteiger partial charge in [-0.3, -0.25) is 9.69 Å². The largest absolute Gasteiger partial charge is 0.492 e. The van der Waals surface area contributed by atoms with Gasteiger partial charge in [-0.15, -0.1) is 0 Å². The predicted octanol–water partition coefficient (Wildman–Crippen LogP) is 4.50. The Bertz CT molecular complexity index is 727. The Hall–Kier alpha value is -2.53. The van der Waals surface area contributed by atoms with Crippen molar-refractivity contribution in [1.82, 2.24) is 4.90 Å². The summed E-state index contributed by atoms with van der Waals surface area (Å²) < 4.78 is 11.8. The number of aliphatic carboxylic acids is 1. The van der Waals surface area contributed by atoms with Gasteiger partial charge in [0, 0.05) is 12.5 Å². The molecule has 1 aliphatic rings. The van der Waals surface area contributed by atoms with Gasteiger partial charge in [-0.2, -0.15) is 0 Å². The standard InChI is InChI=1S/C22H27NO4/c1-17-6-8-20(9-7-17)27-21-12-10-19(11-13-21)26-16-18-4-2-14-23(18)15-3-5-22(24)25/h6-13,18H,2-5,14-16H2,1H3,(H,24,25)/t18-/m0/s1. The molecule has 2 aromatic carbocycles. The van der Waals surface area contributed by atoms with Crippen molar-refractivity contribution in [2.24, 2.45) is 0 Å². The lowest BCUT2D eigenvalue weighted by Gasteiger charge is -2.24. The number of rotatable bonds is 9. The molecule has 1 atom stereocenters. The molecule has 0 spiro atoms. The molecule has 0 aromatic heterocycles. The zero-order valence-electron chi connectivity index (χ0n) is 15.8. The molecule has 1 N–H and O–H groups in total. The lowest BCUT2D eigenvalue weighted by Crippen LogP contribution is -2.35. The molecule has 1 saturated heterocycles. The second kappa shape index (κ2) is 9.42. The third kappa shape index (κ3) is 6.00. The van der Waals surface area contributed by atoms with Crippen LogP contribution in [0.5, 0.6) is 17.2 Å². The maximum Gasteiger partial charge on any atom is 0.303 e. The van der Waals surface area contributed by atoms with E-state index in [4.69, 9.17) is 14.6 Å². The number of aryl methyl sites for hydroxylation is 1. The predicted molar refractivity (Wildman–Crippen MR) is 105 cm³/mol. The molecule has 0 radical (unpaired) electrons. The zero-order valence-corrected chi connectivity index (χ0v) is 15.8. The van der Waals surface area contributed by atoms with Crippen LogP contribution >= 0.6 is 0 Å². The van der Waals surface area contributed by atoms with Crippen LogP contribution in [0, 0.1) is 6.92 Å². The van der Waals surface area contributed by atoms with E-state index in [-0.39, 0.29) is 6.42 Å². The maximum atomic E-state index is 10.7. The molecular formula is C22H27NO4. The van der Waals surface area contributed by atoms with Crippen molar-refractivity contribution in [3.05, 3.63) is 54.1 Å². The van der Waals surface area contributed by atoms with Crippen LogP contribution in [-0.4, -0.2) is 41.7 Å². The van der Waals surface area contributed by atoms with Crippen LogP contribution in [0.25, 0.3) is 0 Å². The van der Waals surface area contributed by atoms with Crippen LogP contribution in [0.4, 0.5) is 0 Å². The summed E-state index contributed by atoms with van der Waals surface area (Å²) in [5.41, 5.74) is 1.20. The summed E-state index contributed by atoms with van der Waals surface area (Å²) in [4.78, 5) is 13.0. The summed E-state index contributed by atoms with van der Waals surface area (Å²) in [7, 11) is 0. The second-order valence-corrected chi connectivity index (χ2v) is 7.03. The summed E-state index contributed by atoms with van der Waals surface area (Å²) in [6.07, 6.45) is 3.16. The van der Waals surface area contributed by atoms with Gasteiger partial charge in [0.15, 0.2) is 0 Å². The van der Waals surface area contributed by atoms with Crippen molar-refractivity contribution >= 4 is 5.97 Å². The first-order chi connectivity index (χ1) is 13.1. The summed E-state index contributed by atoms with van der Waals surface area (Å²) in [5.74, 6) is 1.69. The van der Waals surface area contributed by atoms with E-state index in [1.807, 2.05) is 55.5 Å². The van der Waals surface area contributed by atoms with Gasteiger partial charge in [-0.05, 0) is 75.7 Å². The van der Waals surface area contributed by atoms with E-state index < -0.39 is 5.97 Å². The maximum absolute atomic E-state index is 10.7. The minimum absolute atomic E-state index is 0.229. The van der Waals surface area contributed by atoms with Crippen LogP contribution in [0.3, 0.4) is 0 Å². The highest BCUT2D eigenvalue weighted by Crippen LogP contribution is 2.25. The quantitative estimate of drug-likeness (QED) is 0.705. The molecule has 27 heavy (non-hydrogen) atoms. The number of ether oxygens (including phenoxy) is 2. The van der Waals surface area contributed by atoms with Crippen molar-refractivity contribution < 1.29 is 19.4 Å². The molecule has 144 valence electrons. The van der Waals surface area contributed by atoms with Crippen LogP contribution in [-0.2, 0) is 4.79 Å². The normalized spacial score (nSPS) is 17.0. The molecule has 0 unspecified atom stereocenters. The highest BCUT2D eigenvalue weighted by Gasteiger charge is 2.24. The van der Waals surface area contributed by atoms with Gasteiger partial charge in [0.05, 0.1) is 0 Å². The molecule has 0 saturated carbocycles. The molecule has 5 nitrogen and oxygen atoms in total. The fourth-order valence-corrected chi connectivity index (χ4v) is 3.35. The van der Waals surface area contributed by atoms with Crippen LogP contribution in [0.15, 0.2) is 48.5 Å². The molecule has 1 fully saturated rings. The van der Waals surface area contributed by atoms with Gasteiger partial charge >= 0.3 is 5.97 Å². The number of benzene rings is 2. The second-order valence-electron chi connectivity index (χ2n) is 7.03. The van der Waals surface area contributed by atoms with Crippen molar-refractivity contribution in [2.45, 2.75) is 38.6 Å². The molecule has 0 aliphatic carbocycles. The number of likely N-dealkylation sites (tertiary alicyclic amines) is 1. The van der Waals surface area contributed by atoms with Crippen molar-refractivity contribution in [3.8, 4) is 17.2 Å². The van der Waals surface area contributed by atoms with Crippen molar-refractivity contribution in [1.29, 1.82) is 0 Å². The topological polar surface area (TPSA) is 59.0 Å². The van der Waals surface area contributed by atoms with Crippen molar-refractivity contribution in [2.75, 3.05) is 19.7 Å². The highest BCUT2D eigenvalue weighted by atomic mass is 16.5. The van der Waals surface area contributed by atoms with Gasteiger partial charge in [0.2, 0.25) is 0 Å². The lowest BCUT2D eigenvalue weighted by molar-refractivity contribution is -0.137. The number of hydrogen-bond donors (Lipinski definition) is 1. The summed E-state index contributed by atoms with van der Waals surface area (Å²) in [6, 6.07) is 16.0. The molecule has 2 aromatic rings. The number of carboxylic acids is 1. The highest BCUT2D eigenvalue weighted by molar-refractivity contribution is 5.66. The molecule has 0 bridgehead atoms. The SMILES string of the molecule is Cc1ccc(Oc2ccc(OC[C@@H]3CCCN3CCCC(=O)O)cc2)cc1. The minimum atomic E-state index is -0.727. The summed E-state index contributed by atoms with van der Waals surface area (Å²) in [6.45, 7) is 4.53. The van der Waals surface area contributed by atoms with E-state index in [1.54, 1.807) is 0 Å². The average molecular weight is 369 g/mol. The van der Waals surface area contributed by atoms with E-state index in [2.05, 4.69) is 4.90 Å². The van der Waals surface area contributed by atoms with Gasteiger partial charge < -0.3 is 14.6 Å².